The molecule has 0 atom stereocenters. The number of nitrogens with two attached hydrogens (primary N) is 1. The fourth-order valence-corrected chi connectivity index (χ4v) is 2.28. The lowest BCUT2D eigenvalue weighted by Crippen LogP contribution is -2.25. The third-order valence-corrected chi connectivity index (χ3v) is 3.44. The quantitative estimate of drug-likeness (QED) is 0.592. The molecule has 0 aliphatic rings. The third-order valence-electron chi connectivity index (χ3n) is 1.93. The van der Waals surface area contributed by atoms with Gasteiger partial charge in [0.15, 0.2) is 0 Å². The van der Waals surface area contributed by atoms with Gasteiger partial charge in [-0.05, 0) is 25.5 Å². The Balaban J connectivity index is 2.75. The van der Waals surface area contributed by atoms with Crippen molar-refractivity contribution in [2.45, 2.75) is 18.2 Å². The van der Waals surface area contributed by atoms with Crippen LogP contribution in [0.3, 0.4) is 0 Å². The molecule has 88 valence electrons. The van der Waals surface area contributed by atoms with Gasteiger partial charge in [0.2, 0.25) is 10.0 Å². The van der Waals surface area contributed by atoms with Crippen molar-refractivity contribution in [1.29, 1.82) is 0 Å². The van der Waals surface area contributed by atoms with Gasteiger partial charge in [-0.15, -0.1) is 0 Å². The number of nitrogens with zero attached hydrogens (tertiary/aromatic N) is 1. The van der Waals surface area contributed by atoms with Crippen LogP contribution in [0.15, 0.2) is 35.4 Å². The highest BCUT2D eigenvalue weighted by Gasteiger charge is 2.16. The van der Waals surface area contributed by atoms with Gasteiger partial charge in [-0.2, -0.15) is 0 Å². The molecule has 0 amide bonds. The molecule has 0 fully saturated rings. The number of nitrogen functional groups attached to an aromatic ring is 1. The fourth-order valence-electron chi connectivity index (χ4n) is 1.15. The topological polar surface area (TPSA) is 85.1 Å². The van der Waals surface area contributed by atoms with E-state index in [1.807, 2.05) is 19.1 Å². The number of rotatable bonds is 5. The molecule has 3 N–H and O–H groups in total. The summed E-state index contributed by atoms with van der Waals surface area (Å²) in [5, 5.41) is 0. The van der Waals surface area contributed by atoms with E-state index in [0.717, 1.165) is 0 Å². The lowest BCUT2D eigenvalue weighted by molar-refractivity contribution is 0.582. The second kappa shape index (κ2) is 5.62. The molecule has 6 heteroatoms. The van der Waals surface area contributed by atoms with Gasteiger partial charge in [0.1, 0.15) is 10.7 Å². The molecular weight excluding hydrogens is 226 g/mol. The van der Waals surface area contributed by atoms with Crippen molar-refractivity contribution in [1.82, 2.24) is 9.71 Å². The van der Waals surface area contributed by atoms with Gasteiger partial charge >= 0.3 is 0 Å². The Kier molecular flexibility index (Phi) is 4.45. The van der Waals surface area contributed by atoms with Gasteiger partial charge in [-0.25, -0.2) is 18.1 Å². The zero-order valence-corrected chi connectivity index (χ0v) is 9.87. The van der Waals surface area contributed by atoms with E-state index in [1.165, 1.54) is 18.3 Å². The Morgan fingerprint density at radius 3 is 2.94 bits per heavy atom. The van der Waals surface area contributed by atoms with Gasteiger partial charge in [-0.1, -0.05) is 12.2 Å². The summed E-state index contributed by atoms with van der Waals surface area (Å²) < 4.78 is 26.0. The first-order valence-corrected chi connectivity index (χ1v) is 6.37. The number of hydrogen-bond acceptors (Lipinski definition) is 4. The average Bonchev–Trinajstić information content (AvgIpc) is 2.25. The molecule has 0 radical (unpaired) electrons. The predicted octanol–water partition coefficient (Wildman–Crippen LogP) is 0.908. The van der Waals surface area contributed by atoms with Crippen LogP contribution in [0.25, 0.3) is 0 Å². The summed E-state index contributed by atoms with van der Waals surface area (Å²) in [6, 6.07) is 2.97. The molecule has 0 aliphatic carbocycles. The summed E-state index contributed by atoms with van der Waals surface area (Å²) in [5.74, 6) is 0.0148. The van der Waals surface area contributed by atoms with E-state index in [1.54, 1.807) is 0 Å². The molecule has 0 aromatic carbocycles. The number of allylic oxidation sites excluding steroid dienone is 1. The lowest BCUT2D eigenvalue weighted by Gasteiger charge is -2.06. The Bertz CT molecular complexity index is 469. The summed E-state index contributed by atoms with van der Waals surface area (Å²) in [6.07, 6.45) is 5.85. The van der Waals surface area contributed by atoms with Gasteiger partial charge in [0.05, 0.1) is 0 Å². The summed E-state index contributed by atoms with van der Waals surface area (Å²) >= 11 is 0. The Morgan fingerprint density at radius 2 is 2.31 bits per heavy atom. The smallest absolute Gasteiger partial charge is 0.244 e. The minimum absolute atomic E-state index is 0.0148. The summed E-state index contributed by atoms with van der Waals surface area (Å²) in [5.41, 5.74) is 5.49. The van der Waals surface area contributed by atoms with Crippen LogP contribution in [0, 0.1) is 0 Å². The maximum absolute atomic E-state index is 11.8. The van der Waals surface area contributed by atoms with Crippen LogP contribution in [-0.2, 0) is 10.0 Å². The number of hydrogen-bond donors (Lipinski definition) is 2. The minimum atomic E-state index is -3.54. The molecule has 16 heavy (non-hydrogen) atoms. The van der Waals surface area contributed by atoms with Crippen molar-refractivity contribution in [3.63, 3.8) is 0 Å². The Morgan fingerprint density at radius 1 is 1.56 bits per heavy atom. The van der Waals surface area contributed by atoms with E-state index in [4.69, 9.17) is 5.73 Å². The summed E-state index contributed by atoms with van der Waals surface area (Å²) in [6.45, 7) is 2.23. The largest absolute Gasteiger partial charge is 0.383 e. The van der Waals surface area contributed by atoms with Crippen LogP contribution in [0.5, 0.6) is 0 Å². The monoisotopic (exact) mass is 241 g/mol. The van der Waals surface area contributed by atoms with Crippen LogP contribution in [0.4, 0.5) is 5.82 Å². The summed E-state index contributed by atoms with van der Waals surface area (Å²) in [7, 11) is -3.54. The number of aromatic nitrogens is 1. The lowest BCUT2D eigenvalue weighted by atomic mass is 10.4. The number of anilines is 1. The van der Waals surface area contributed by atoms with Crippen molar-refractivity contribution in [3.05, 3.63) is 30.5 Å². The van der Waals surface area contributed by atoms with Crippen molar-refractivity contribution in [2.75, 3.05) is 12.3 Å². The highest BCUT2D eigenvalue weighted by atomic mass is 32.2. The molecule has 0 aliphatic heterocycles. The highest BCUT2D eigenvalue weighted by molar-refractivity contribution is 7.89. The van der Waals surface area contributed by atoms with Crippen molar-refractivity contribution < 1.29 is 8.42 Å². The van der Waals surface area contributed by atoms with Gasteiger partial charge in [0, 0.05) is 12.7 Å². The number of sulfonamides is 1. The second-order valence-corrected chi connectivity index (χ2v) is 4.88. The van der Waals surface area contributed by atoms with E-state index in [2.05, 4.69) is 9.71 Å². The van der Waals surface area contributed by atoms with Gasteiger partial charge < -0.3 is 5.73 Å². The third kappa shape index (κ3) is 3.32. The molecule has 0 saturated heterocycles. The summed E-state index contributed by atoms with van der Waals surface area (Å²) in [4.78, 5) is 3.76. The maximum Gasteiger partial charge on any atom is 0.244 e. The molecule has 1 aromatic rings. The molecule has 0 bridgehead atoms. The normalized spacial score (nSPS) is 12.1. The second-order valence-electron chi connectivity index (χ2n) is 3.14. The van der Waals surface area contributed by atoms with Crippen LogP contribution in [-0.4, -0.2) is 19.9 Å². The van der Waals surface area contributed by atoms with Crippen LogP contribution < -0.4 is 10.5 Å². The SMILES string of the molecule is C/C=C/CCNS(=O)(=O)c1cccnc1N. The Hall–Kier alpha value is -1.40. The molecule has 1 aromatic heterocycles. The Labute approximate surface area is 95.4 Å². The molecule has 1 heterocycles. The molecule has 1 rings (SSSR count). The first-order chi connectivity index (χ1) is 7.58. The van der Waals surface area contributed by atoms with E-state index in [9.17, 15) is 8.42 Å². The number of nitrogens with one attached hydrogen (secondary N) is 1. The van der Waals surface area contributed by atoms with Gasteiger partial charge in [0.25, 0.3) is 0 Å². The standard InChI is InChI=1S/C10H15N3O2S/c1-2-3-4-8-13-16(14,15)9-6-5-7-12-10(9)11/h2-3,5-7,13H,4,8H2,1H3,(H2,11,12)/b3-2+. The fraction of sp³-hybridized carbons (Fsp3) is 0.300. The predicted molar refractivity (Wildman–Crippen MR) is 63.3 cm³/mol. The van der Waals surface area contributed by atoms with Crippen LogP contribution in [0.2, 0.25) is 0 Å². The van der Waals surface area contributed by atoms with Crippen molar-refractivity contribution in [2.24, 2.45) is 0 Å². The first kappa shape index (κ1) is 12.7. The van der Waals surface area contributed by atoms with E-state index < -0.39 is 10.0 Å². The van der Waals surface area contributed by atoms with E-state index >= 15 is 0 Å². The zero-order valence-electron chi connectivity index (χ0n) is 9.05. The first-order valence-electron chi connectivity index (χ1n) is 4.89. The zero-order chi connectivity index (χ0) is 12.0. The maximum atomic E-state index is 11.8. The van der Waals surface area contributed by atoms with Crippen molar-refractivity contribution in [3.8, 4) is 0 Å². The molecule has 0 unspecified atom stereocenters. The molecule has 0 spiro atoms. The van der Waals surface area contributed by atoms with Crippen LogP contribution >= 0.6 is 0 Å². The van der Waals surface area contributed by atoms with E-state index in [0.29, 0.717) is 13.0 Å². The van der Waals surface area contributed by atoms with Crippen molar-refractivity contribution >= 4 is 15.8 Å². The molecule has 0 saturated carbocycles. The molecular formula is C10H15N3O2S. The van der Waals surface area contributed by atoms with E-state index in [-0.39, 0.29) is 10.7 Å². The number of pyridine rings is 1. The van der Waals surface area contributed by atoms with Gasteiger partial charge in [-0.3, -0.25) is 0 Å². The minimum Gasteiger partial charge on any atom is -0.383 e. The average molecular weight is 241 g/mol. The van der Waals surface area contributed by atoms with Crippen LogP contribution in [0.1, 0.15) is 13.3 Å². The highest BCUT2D eigenvalue weighted by Crippen LogP contribution is 2.13. The molecule has 5 nitrogen and oxygen atoms in total.